The van der Waals surface area contributed by atoms with Gasteiger partial charge in [-0.15, -0.1) is 0 Å². The van der Waals surface area contributed by atoms with Crippen LogP contribution < -0.4 is 5.32 Å². The second kappa shape index (κ2) is 9.16. The molecule has 0 saturated heterocycles. The maximum Gasteiger partial charge on any atom is 0.242 e. The Hall–Kier alpha value is -1.84. The second-order valence-corrected chi connectivity index (χ2v) is 5.22. The first kappa shape index (κ1) is 17.2. The molecule has 0 bridgehead atoms. The number of nitrogens with one attached hydrogen (secondary N) is 1. The molecule has 0 aliphatic carbocycles. The zero-order valence-corrected chi connectivity index (χ0v) is 13.3. The normalized spacial score (nSPS) is 11.8. The minimum atomic E-state index is -0.448. The molecule has 1 atom stereocenters. The van der Waals surface area contributed by atoms with E-state index in [1.54, 1.807) is 11.8 Å². The Morgan fingerprint density at radius 1 is 1.14 bits per heavy atom. The molecule has 0 spiro atoms. The molecule has 0 saturated carbocycles. The van der Waals surface area contributed by atoms with Crippen LogP contribution >= 0.6 is 0 Å². The van der Waals surface area contributed by atoms with Gasteiger partial charge in [0.05, 0.1) is 0 Å². The van der Waals surface area contributed by atoms with Crippen LogP contribution in [0.3, 0.4) is 0 Å². The van der Waals surface area contributed by atoms with Gasteiger partial charge < -0.3 is 10.2 Å². The molecule has 1 N–H and O–H groups in total. The van der Waals surface area contributed by atoms with Gasteiger partial charge in [-0.2, -0.15) is 0 Å². The lowest BCUT2D eigenvalue weighted by Gasteiger charge is -2.28. The van der Waals surface area contributed by atoms with E-state index in [1.807, 2.05) is 44.2 Å². The number of nitrogens with zero attached hydrogens (tertiary/aromatic N) is 1. The Kier molecular flexibility index (Phi) is 7.51. The number of carbonyl (C=O) groups is 2. The molecule has 21 heavy (non-hydrogen) atoms. The highest BCUT2D eigenvalue weighted by Crippen LogP contribution is 2.11. The maximum absolute atomic E-state index is 12.3. The van der Waals surface area contributed by atoms with E-state index in [9.17, 15) is 9.59 Å². The van der Waals surface area contributed by atoms with Crippen LogP contribution in [0.15, 0.2) is 30.3 Å². The van der Waals surface area contributed by atoms with Crippen LogP contribution in [0.25, 0.3) is 0 Å². The van der Waals surface area contributed by atoms with Crippen LogP contribution in [0.5, 0.6) is 0 Å². The van der Waals surface area contributed by atoms with Gasteiger partial charge in [0.1, 0.15) is 6.04 Å². The van der Waals surface area contributed by atoms with Gasteiger partial charge in [0.25, 0.3) is 0 Å². The summed E-state index contributed by atoms with van der Waals surface area (Å²) in [5.41, 5.74) is 1.04. The topological polar surface area (TPSA) is 49.4 Å². The third kappa shape index (κ3) is 5.58. The van der Waals surface area contributed by atoms with Gasteiger partial charge >= 0.3 is 0 Å². The third-order valence-corrected chi connectivity index (χ3v) is 3.38. The standard InChI is InChI=1S/C17H26N2O2/c1-4-9-16(20)19(13-15-10-7-6-8-11-15)14(3)17(21)18-12-5-2/h6-8,10-11,14H,4-5,9,12-13H2,1-3H3,(H,18,21)/t14-/m1/s1. The van der Waals surface area contributed by atoms with E-state index in [-0.39, 0.29) is 11.8 Å². The Balaban J connectivity index is 2.81. The molecular weight excluding hydrogens is 264 g/mol. The molecule has 4 heteroatoms. The van der Waals surface area contributed by atoms with Crippen LogP contribution in [0.1, 0.15) is 45.6 Å². The van der Waals surface area contributed by atoms with E-state index >= 15 is 0 Å². The summed E-state index contributed by atoms with van der Waals surface area (Å²) >= 11 is 0. The summed E-state index contributed by atoms with van der Waals surface area (Å²) in [4.78, 5) is 26.1. The van der Waals surface area contributed by atoms with Crippen molar-refractivity contribution in [1.82, 2.24) is 10.2 Å². The van der Waals surface area contributed by atoms with E-state index in [1.165, 1.54) is 0 Å². The Morgan fingerprint density at radius 2 is 1.81 bits per heavy atom. The molecule has 0 aromatic heterocycles. The minimum absolute atomic E-state index is 0.0282. The van der Waals surface area contributed by atoms with Crippen LogP contribution in [-0.4, -0.2) is 29.3 Å². The zero-order valence-electron chi connectivity index (χ0n) is 13.3. The monoisotopic (exact) mass is 290 g/mol. The van der Waals surface area contributed by atoms with Gasteiger partial charge in [-0.05, 0) is 25.3 Å². The van der Waals surface area contributed by atoms with Gasteiger partial charge in [0, 0.05) is 19.5 Å². The maximum atomic E-state index is 12.3. The highest BCUT2D eigenvalue weighted by molar-refractivity contribution is 5.87. The molecule has 0 aliphatic heterocycles. The van der Waals surface area contributed by atoms with Crippen molar-refractivity contribution >= 4 is 11.8 Å². The van der Waals surface area contributed by atoms with Gasteiger partial charge in [-0.3, -0.25) is 9.59 Å². The molecule has 0 radical (unpaired) electrons. The Morgan fingerprint density at radius 3 is 2.38 bits per heavy atom. The van der Waals surface area contributed by atoms with Crippen molar-refractivity contribution < 1.29 is 9.59 Å². The van der Waals surface area contributed by atoms with Crippen LogP contribution in [0.2, 0.25) is 0 Å². The minimum Gasteiger partial charge on any atom is -0.354 e. The molecule has 116 valence electrons. The number of carbonyl (C=O) groups excluding carboxylic acids is 2. The van der Waals surface area contributed by atoms with Crippen molar-refractivity contribution in [2.75, 3.05) is 6.54 Å². The fraction of sp³-hybridized carbons (Fsp3) is 0.529. The van der Waals surface area contributed by atoms with Crippen molar-refractivity contribution in [2.45, 2.75) is 52.6 Å². The van der Waals surface area contributed by atoms with Crippen molar-refractivity contribution in [2.24, 2.45) is 0 Å². The summed E-state index contributed by atoms with van der Waals surface area (Å²) in [6, 6.07) is 9.33. The van der Waals surface area contributed by atoms with Crippen LogP contribution in [0.4, 0.5) is 0 Å². The van der Waals surface area contributed by atoms with Gasteiger partial charge in [-0.1, -0.05) is 44.2 Å². The number of amides is 2. The number of hydrogen-bond donors (Lipinski definition) is 1. The van der Waals surface area contributed by atoms with E-state index < -0.39 is 6.04 Å². The molecule has 0 aliphatic rings. The van der Waals surface area contributed by atoms with E-state index in [0.29, 0.717) is 19.5 Å². The highest BCUT2D eigenvalue weighted by atomic mass is 16.2. The third-order valence-electron chi connectivity index (χ3n) is 3.38. The predicted octanol–water partition coefficient (Wildman–Crippen LogP) is 2.73. The van der Waals surface area contributed by atoms with Crippen molar-refractivity contribution in [1.29, 1.82) is 0 Å². The highest BCUT2D eigenvalue weighted by Gasteiger charge is 2.25. The summed E-state index contributed by atoms with van der Waals surface area (Å²) in [5, 5.41) is 2.86. The lowest BCUT2D eigenvalue weighted by Crippen LogP contribution is -2.47. The summed E-state index contributed by atoms with van der Waals surface area (Å²) in [6.07, 6.45) is 2.14. The number of hydrogen-bond acceptors (Lipinski definition) is 2. The van der Waals surface area contributed by atoms with E-state index in [2.05, 4.69) is 5.32 Å². The number of rotatable bonds is 8. The molecule has 2 amide bonds. The van der Waals surface area contributed by atoms with Crippen molar-refractivity contribution in [3.8, 4) is 0 Å². The lowest BCUT2D eigenvalue weighted by molar-refractivity contribution is -0.140. The molecule has 4 nitrogen and oxygen atoms in total. The van der Waals surface area contributed by atoms with Gasteiger partial charge in [0.15, 0.2) is 0 Å². The predicted molar refractivity (Wildman–Crippen MR) is 84.7 cm³/mol. The first-order valence-electron chi connectivity index (χ1n) is 7.71. The van der Waals surface area contributed by atoms with E-state index in [0.717, 1.165) is 18.4 Å². The number of benzene rings is 1. The largest absolute Gasteiger partial charge is 0.354 e. The molecule has 0 fully saturated rings. The molecular formula is C17H26N2O2. The fourth-order valence-corrected chi connectivity index (χ4v) is 2.12. The van der Waals surface area contributed by atoms with Crippen LogP contribution in [0, 0.1) is 0 Å². The van der Waals surface area contributed by atoms with Crippen molar-refractivity contribution in [3.63, 3.8) is 0 Å². The zero-order chi connectivity index (χ0) is 15.7. The fourth-order valence-electron chi connectivity index (χ4n) is 2.12. The second-order valence-electron chi connectivity index (χ2n) is 5.22. The van der Waals surface area contributed by atoms with Crippen LogP contribution in [-0.2, 0) is 16.1 Å². The molecule has 1 aromatic rings. The SMILES string of the molecule is CCCNC(=O)[C@@H](C)N(Cc1ccccc1)C(=O)CCC. The molecule has 1 rings (SSSR count). The van der Waals surface area contributed by atoms with Crippen molar-refractivity contribution in [3.05, 3.63) is 35.9 Å². The first-order chi connectivity index (χ1) is 10.1. The van der Waals surface area contributed by atoms with Gasteiger partial charge in [0.2, 0.25) is 11.8 Å². The molecule has 0 heterocycles. The first-order valence-corrected chi connectivity index (χ1v) is 7.71. The average molecular weight is 290 g/mol. The summed E-state index contributed by atoms with van der Waals surface area (Å²) < 4.78 is 0. The van der Waals surface area contributed by atoms with E-state index in [4.69, 9.17) is 0 Å². The Bertz CT molecular complexity index is 445. The average Bonchev–Trinajstić information content (AvgIpc) is 2.50. The lowest BCUT2D eigenvalue weighted by atomic mass is 10.1. The molecule has 1 aromatic carbocycles. The molecule has 0 unspecified atom stereocenters. The van der Waals surface area contributed by atoms with Gasteiger partial charge in [-0.25, -0.2) is 0 Å². The Labute approximate surface area is 127 Å². The summed E-state index contributed by atoms with van der Waals surface area (Å²) in [6.45, 7) is 6.89. The smallest absolute Gasteiger partial charge is 0.242 e. The summed E-state index contributed by atoms with van der Waals surface area (Å²) in [5.74, 6) is -0.0577. The quantitative estimate of drug-likeness (QED) is 0.800. The summed E-state index contributed by atoms with van der Waals surface area (Å²) in [7, 11) is 0.